The number of aliphatic hydroxyl groups excluding tert-OH is 1. The van der Waals surface area contributed by atoms with E-state index in [1.54, 1.807) is 0 Å². The first-order valence-corrected chi connectivity index (χ1v) is 6.40. The van der Waals surface area contributed by atoms with Gasteiger partial charge >= 0.3 is 0 Å². The van der Waals surface area contributed by atoms with Crippen LogP contribution in [0, 0.1) is 0 Å². The van der Waals surface area contributed by atoms with E-state index in [-0.39, 0.29) is 6.10 Å². The van der Waals surface area contributed by atoms with Crippen LogP contribution >= 0.6 is 0 Å². The van der Waals surface area contributed by atoms with Gasteiger partial charge in [-0.05, 0) is 45.6 Å². The van der Waals surface area contributed by atoms with E-state index in [9.17, 15) is 5.11 Å². The smallest absolute Gasteiger partial charge is 0.0524 e. The monoisotopic (exact) mass is 212 g/mol. The molecule has 0 aromatic heterocycles. The van der Waals surface area contributed by atoms with Gasteiger partial charge in [0.15, 0.2) is 0 Å². The van der Waals surface area contributed by atoms with E-state index in [1.807, 2.05) is 6.92 Å². The largest absolute Gasteiger partial charge is 0.393 e. The molecule has 0 radical (unpaired) electrons. The maximum absolute atomic E-state index is 9.26. The lowest BCUT2D eigenvalue weighted by Gasteiger charge is -2.33. The Balaban J connectivity index is 1.66. The van der Waals surface area contributed by atoms with Crippen LogP contribution in [0.1, 0.15) is 39.0 Å². The molecule has 0 spiro atoms. The number of hydrogen-bond donors (Lipinski definition) is 2. The summed E-state index contributed by atoms with van der Waals surface area (Å²) < 4.78 is 0. The second-order valence-corrected chi connectivity index (χ2v) is 5.22. The van der Waals surface area contributed by atoms with Crippen molar-refractivity contribution in [3.8, 4) is 0 Å². The van der Waals surface area contributed by atoms with Crippen LogP contribution in [-0.4, -0.2) is 47.8 Å². The molecule has 1 saturated carbocycles. The van der Waals surface area contributed by atoms with Crippen molar-refractivity contribution in [3.05, 3.63) is 0 Å². The SMILES string of the molecule is CC(O)CCN1CCCC(NC2CC2)C1. The van der Waals surface area contributed by atoms with Crippen molar-refractivity contribution in [2.75, 3.05) is 19.6 Å². The van der Waals surface area contributed by atoms with Crippen molar-refractivity contribution in [1.82, 2.24) is 10.2 Å². The van der Waals surface area contributed by atoms with Crippen molar-refractivity contribution >= 4 is 0 Å². The molecule has 2 N–H and O–H groups in total. The Labute approximate surface area is 92.8 Å². The fraction of sp³-hybridized carbons (Fsp3) is 1.00. The molecule has 0 amide bonds. The molecule has 1 saturated heterocycles. The molecule has 2 atom stereocenters. The van der Waals surface area contributed by atoms with Gasteiger partial charge in [-0.25, -0.2) is 0 Å². The highest BCUT2D eigenvalue weighted by Gasteiger charge is 2.27. The Bertz CT molecular complexity index is 192. The van der Waals surface area contributed by atoms with E-state index in [2.05, 4.69) is 10.2 Å². The number of aliphatic hydroxyl groups is 1. The summed E-state index contributed by atoms with van der Waals surface area (Å²) in [6.07, 6.45) is 6.16. The minimum Gasteiger partial charge on any atom is -0.393 e. The average molecular weight is 212 g/mol. The Hall–Kier alpha value is -0.120. The summed E-state index contributed by atoms with van der Waals surface area (Å²) in [6, 6.07) is 1.53. The van der Waals surface area contributed by atoms with Crippen molar-refractivity contribution in [1.29, 1.82) is 0 Å². The summed E-state index contributed by atoms with van der Waals surface area (Å²) in [5, 5.41) is 13.0. The maximum atomic E-state index is 9.26. The number of hydrogen-bond acceptors (Lipinski definition) is 3. The molecule has 0 aromatic rings. The fourth-order valence-corrected chi connectivity index (χ4v) is 2.35. The van der Waals surface area contributed by atoms with Gasteiger partial charge in [-0.15, -0.1) is 0 Å². The third-order valence-electron chi connectivity index (χ3n) is 3.42. The summed E-state index contributed by atoms with van der Waals surface area (Å²) in [6.45, 7) is 5.34. The van der Waals surface area contributed by atoms with E-state index < -0.39 is 0 Å². The highest BCUT2D eigenvalue weighted by atomic mass is 16.3. The third kappa shape index (κ3) is 4.09. The Morgan fingerprint density at radius 3 is 2.80 bits per heavy atom. The van der Waals surface area contributed by atoms with Gasteiger partial charge in [0, 0.05) is 25.2 Å². The van der Waals surface area contributed by atoms with Crippen LogP contribution in [0.2, 0.25) is 0 Å². The van der Waals surface area contributed by atoms with E-state index in [0.29, 0.717) is 6.04 Å². The van der Waals surface area contributed by atoms with Gasteiger partial charge in [0.05, 0.1) is 6.10 Å². The van der Waals surface area contributed by atoms with E-state index >= 15 is 0 Å². The van der Waals surface area contributed by atoms with Crippen molar-refractivity contribution < 1.29 is 5.11 Å². The Morgan fingerprint density at radius 2 is 2.13 bits per heavy atom. The van der Waals surface area contributed by atoms with Crippen LogP contribution < -0.4 is 5.32 Å². The predicted octanol–water partition coefficient (Wildman–Crippen LogP) is 0.974. The molecule has 1 aliphatic heterocycles. The minimum absolute atomic E-state index is 0.151. The molecule has 0 bridgehead atoms. The van der Waals surface area contributed by atoms with E-state index in [4.69, 9.17) is 0 Å². The number of piperidine rings is 1. The molecule has 88 valence electrons. The summed E-state index contributed by atoms with van der Waals surface area (Å²) in [5.41, 5.74) is 0. The molecular formula is C12H24N2O. The Morgan fingerprint density at radius 1 is 1.33 bits per heavy atom. The van der Waals surface area contributed by atoms with Crippen molar-refractivity contribution in [3.63, 3.8) is 0 Å². The molecular weight excluding hydrogens is 188 g/mol. The minimum atomic E-state index is -0.151. The lowest BCUT2D eigenvalue weighted by Crippen LogP contribution is -2.46. The number of nitrogens with zero attached hydrogens (tertiary/aromatic N) is 1. The van der Waals surface area contributed by atoms with Crippen LogP contribution in [0.4, 0.5) is 0 Å². The standard InChI is InChI=1S/C12H24N2O/c1-10(15)6-8-14-7-2-3-12(9-14)13-11-4-5-11/h10-13,15H,2-9H2,1H3. The molecule has 3 nitrogen and oxygen atoms in total. The average Bonchev–Trinajstić information content (AvgIpc) is 2.99. The number of rotatable bonds is 5. The molecule has 2 rings (SSSR count). The van der Waals surface area contributed by atoms with Gasteiger partial charge < -0.3 is 15.3 Å². The molecule has 3 heteroatoms. The van der Waals surface area contributed by atoms with Crippen LogP contribution in [0.3, 0.4) is 0 Å². The lowest BCUT2D eigenvalue weighted by molar-refractivity contribution is 0.135. The second kappa shape index (κ2) is 5.28. The lowest BCUT2D eigenvalue weighted by atomic mass is 10.1. The van der Waals surface area contributed by atoms with Crippen LogP contribution in [-0.2, 0) is 0 Å². The molecule has 2 fully saturated rings. The van der Waals surface area contributed by atoms with Gasteiger partial charge in [-0.1, -0.05) is 0 Å². The second-order valence-electron chi connectivity index (χ2n) is 5.22. The number of nitrogens with one attached hydrogen (secondary N) is 1. The maximum Gasteiger partial charge on any atom is 0.0524 e. The van der Waals surface area contributed by atoms with Gasteiger partial charge in [0.25, 0.3) is 0 Å². The van der Waals surface area contributed by atoms with Crippen molar-refractivity contribution in [2.45, 2.75) is 57.2 Å². The summed E-state index contributed by atoms with van der Waals surface area (Å²) in [4.78, 5) is 2.50. The normalized spacial score (nSPS) is 30.4. The van der Waals surface area contributed by atoms with Gasteiger partial charge in [-0.2, -0.15) is 0 Å². The molecule has 1 heterocycles. The molecule has 1 aliphatic carbocycles. The summed E-state index contributed by atoms with van der Waals surface area (Å²) in [7, 11) is 0. The van der Waals surface area contributed by atoms with Crippen LogP contribution in [0.25, 0.3) is 0 Å². The van der Waals surface area contributed by atoms with E-state index in [1.165, 1.54) is 38.8 Å². The van der Waals surface area contributed by atoms with Gasteiger partial charge in [0.1, 0.15) is 0 Å². The van der Waals surface area contributed by atoms with Gasteiger partial charge in [0.2, 0.25) is 0 Å². The van der Waals surface area contributed by atoms with E-state index in [0.717, 1.165) is 19.0 Å². The zero-order chi connectivity index (χ0) is 10.7. The third-order valence-corrected chi connectivity index (χ3v) is 3.42. The first-order chi connectivity index (χ1) is 7.24. The summed E-state index contributed by atoms with van der Waals surface area (Å²) in [5.74, 6) is 0. The first-order valence-electron chi connectivity index (χ1n) is 6.40. The molecule has 2 unspecified atom stereocenters. The number of likely N-dealkylation sites (tertiary alicyclic amines) is 1. The summed E-state index contributed by atoms with van der Waals surface area (Å²) >= 11 is 0. The molecule has 2 aliphatic rings. The van der Waals surface area contributed by atoms with Gasteiger partial charge in [-0.3, -0.25) is 0 Å². The zero-order valence-corrected chi connectivity index (χ0v) is 9.78. The molecule has 15 heavy (non-hydrogen) atoms. The quantitative estimate of drug-likeness (QED) is 0.713. The highest BCUT2D eigenvalue weighted by Crippen LogP contribution is 2.22. The Kier molecular flexibility index (Phi) is 4.00. The van der Waals surface area contributed by atoms with Crippen molar-refractivity contribution in [2.24, 2.45) is 0 Å². The topological polar surface area (TPSA) is 35.5 Å². The zero-order valence-electron chi connectivity index (χ0n) is 9.78. The molecule has 0 aromatic carbocycles. The highest BCUT2D eigenvalue weighted by molar-refractivity contribution is 4.88. The first kappa shape index (κ1) is 11.4. The van der Waals surface area contributed by atoms with Crippen LogP contribution in [0.5, 0.6) is 0 Å². The van der Waals surface area contributed by atoms with Crippen LogP contribution in [0.15, 0.2) is 0 Å². The fourth-order valence-electron chi connectivity index (χ4n) is 2.35. The predicted molar refractivity (Wildman–Crippen MR) is 61.9 cm³/mol.